The van der Waals surface area contributed by atoms with E-state index in [1.165, 1.54) is 54.6 Å². The first-order valence-electron chi connectivity index (χ1n) is 36.5. The van der Waals surface area contributed by atoms with Crippen molar-refractivity contribution in [2.24, 2.45) is 0 Å². The lowest BCUT2D eigenvalue weighted by Crippen LogP contribution is -2.09. The van der Waals surface area contributed by atoms with Gasteiger partial charge in [0.05, 0.1) is 46.4 Å². The van der Waals surface area contributed by atoms with E-state index in [-0.39, 0.29) is 104 Å². The van der Waals surface area contributed by atoms with E-state index >= 15 is 0 Å². The number of nitrogen functional groups attached to an aromatic ring is 7. The summed E-state index contributed by atoms with van der Waals surface area (Å²) in [6.45, 7) is 1.16. The van der Waals surface area contributed by atoms with Gasteiger partial charge in [0.25, 0.3) is 162 Å². The van der Waals surface area contributed by atoms with Crippen LogP contribution in [0.4, 0.5) is 45.5 Å². The molecule has 0 atom stereocenters. The molecule has 31 N–H and O–H groups in total. The first-order valence-corrected chi connectivity index (χ1v) is 59.6. The number of nitrogens with two attached hydrogens (primary N) is 7. The van der Waals surface area contributed by atoms with E-state index in [1.807, 2.05) is 0 Å². The fourth-order valence-electron chi connectivity index (χ4n) is 12.9. The van der Waals surface area contributed by atoms with Crippen LogP contribution in [0.25, 0.3) is 75.4 Å². The molecule has 0 aliphatic rings. The van der Waals surface area contributed by atoms with Gasteiger partial charge in [-0.3, -0.25) is 77.6 Å². The number of benzene rings is 14. The van der Waals surface area contributed by atoms with E-state index in [0.717, 1.165) is 116 Å². The van der Waals surface area contributed by atoms with Gasteiger partial charge in [0.15, 0.2) is 0 Å². The van der Waals surface area contributed by atoms with Crippen LogP contribution < -0.4 is 45.5 Å². The van der Waals surface area contributed by atoms with E-state index in [9.17, 15) is 162 Å². The van der Waals surface area contributed by atoms with Gasteiger partial charge < -0.3 is 45.5 Å². The third-order valence-corrected chi connectivity index (χ3v) is 32.8. The lowest BCUT2D eigenvalue weighted by Gasteiger charge is -2.12. The Kier molecular flexibility index (Phi) is 33.4. The minimum absolute atomic E-state index is 0.0492. The predicted octanol–water partition coefficient (Wildman–Crippen LogP) is 4.86. The average Bonchev–Trinajstić information content (AvgIpc) is 0.743. The van der Waals surface area contributed by atoms with Crippen LogP contribution in [0, 0.1) is 0 Å². The van der Waals surface area contributed by atoms with Crippen molar-refractivity contribution in [3.05, 3.63) is 194 Å². The Bertz CT molecular complexity index is 9940. The van der Waals surface area contributed by atoms with E-state index in [4.69, 9.17) is 90.2 Å². The molecule has 14 aromatic carbocycles. The quantitative estimate of drug-likeness (QED) is 0.0427. The average molecular weight is 2340 g/mol. The Balaban J connectivity index is 0.000000207. The van der Waals surface area contributed by atoms with Crippen LogP contribution in [0.2, 0.25) is 0 Å². The minimum Gasteiger partial charge on any atom is -0.399 e. The second kappa shape index (κ2) is 41.1. The van der Waals surface area contributed by atoms with Crippen molar-refractivity contribution >= 4 is 289 Å². The lowest BCUT2D eigenvalue weighted by atomic mass is 10.1. The Morgan fingerprint density at radius 3 is 0.890 bits per heavy atom. The normalized spacial score (nSPS) is 12.9. The first kappa shape index (κ1) is 118. The molecule has 57 nitrogen and oxygen atoms in total. The third kappa shape index (κ3) is 29.3. The van der Waals surface area contributed by atoms with Crippen LogP contribution in [-0.2, 0) is 167 Å². The first-order chi connectivity index (χ1) is 65.2. The van der Waals surface area contributed by atoms with Gasteiger partial charge in [-0.05, 0) is 173 Å². The van der Waals surface area contributed by atoms with Crippen molar-refractivity contribution < 1.29 is 212 Å². The zero-order valence-electron chi connectivity index (χ0n) is 70.7. The number of nitrogens with one attached hydrogen (secondary N) is 1. The summed E-state index contributed by atoms with van der Waals surface area (Å²) in [5, 5.41) is 1.19. The number of carbonyl (C=O) groups is 1. The smallest absolute Gasteiger partial charge is 0.297 e. The summed E-state index contributed by atoms with van der Waals surface area (Å²) in [6, 6.07) is 33.1. The van der Waals surface area contributed by atoms with Crippen molar-refractivity contribution in [3.8, 4) is 0 Å². The number of amides is 1. The molecule has 0 bridgehead atoms. The number of hydrogen-bond acceptors (Lipinski definition) is 40. The number of rotatable bonds is 17. The van der Waals surface area contributed by atoms with Gasteiger partial charge in [0.2, 0.25) is 5.91 Å². The molecule has 0 heterocycles. The summed E-state index contributed by atoms with van der Waals surface area (Å²) in [7, 11) is -75.1. The van der Waals surface area contributed by atoms with Gasteiger partial charge in [0.1, 0.15) is 49.0 Å². The molecule has 0 saturated heterocycles. The molecule has 0 spiro atoms. The molecule has 145 heavy (non-hydrogen) atoms. The minimum atomic E-state index is -5.00. The molecule has 0 fully saturated rings. The van der Waals surface area contributed by atoms with Crippen molar-refractivity contribution in [2.75, 3.05) is 45.5 Å². The Labute approximate surface area is 818 Å². The zero-order chi connectivity index (χ0) is 111. The predicted molar refractivity (Wildman–Crippen MR) is 510 cm³/mol. The van der Waals surface area contributed by atoms with Gasteiger partial charge >= 0.3 is 0 Å². The van der Waals surface area contributed by atoms with Crippen LogP contribution in [0.3, 0.4) is 0 Å². The van der Waals surface area contributed by atoms with E-state index < -0.39 is 258 Å². The molecular weight excluding hydrogens is 2270 g/mol. The molecule has 0 unspecified atom stereocenters. The highest BCUT2D eigenvalue weighted by atomic mass is 32.3. The second-order valence-corrected chi connectivity index (χ2v) is 51.3. The van der Waals surface area contributed by atoms with Crippen molar-refractivity contribution in [2.45, 2.75) is 85.3 Å². The van der Waals surface area contributed by atoms with Gasteiger partial charge in [0, 0.05) is 89.2 Å². The summed E-state index contributed by atoms with van der Waals surface area (Å²) < 4.78 is 506. The van der Waals surface area contributed by atoms with Crippen LogP contribution in [0.15, 0.2) is 272 Å². The van der Waals surface area contributed by atoms with Crippen LogP contribution in [0.5, 0.6) is 0 Å². The second-order valence-electron chi connectivity index (χ2n) is 28.9. The number of hydrogen-bond donors (Lipinski definition) is 24. The summed E-state index contributed by atoms with van der Waals surface area (Å²) in [4.78, 5) is 0.313. The molecule has 0 aliphatic heterocycles. The maximum Gasteiger partial charge on any atom is 0.297 e. The van der Waals surface area contributed by atoms with Crippen molar-refractivity contribution in [1.29, 1.82) is 0 Å². The standard InChI is InChI=1S/C12H12N2O7S2.2C10H9NO9S3.4C10H9NO6S2/c1-6(15)14-8-4-10-9(12(5-8)23(19,20)21)2-7(13)3-11(10)22(16,17)18;11-5-1-7-8(9(2-5)22(15,16)17)3-6(21(12,13)14)4-10(7)23(18,19)20;11-8-4-7-5(2-10(8)23(18,19)20)1-6(21(12,13)14)3-9(7)22(15,16)17;11-9-4-1-6-5-7(18(12,13)14)2-3-8(6)10(9)19(15,16)17;11-10-5-8(19(15,16)17)4-6-3-7(18(12,13)14)1-2-9(6)10;11-7-2-1-6-3-8(18(12,13)14)5-10(9(6)4-7)19(15,16)17;11-8-5-4-6-7(10(8)19(15,16)17)2-1-3-9(6)18(12,13)14/h2-5H,13H2,1H3,(H,14,15)(H,16,17,18)(H,19,20,21);2*1-4H,11H2,(H,12,13,14)(H,15,16,17)(H,18,19,20);4*1-5H,11H2,(H,12,13,14)(H,15,16,17). The van der Waals surface area contributed by atoms with Crippen LogP contribution in [-0.4, -0.2) is 213 Å². The van der Waals surface area contributed by atoms with Gasteiger partial charge in [-0.2, -0.15) is 135 Å². The summed E-state index contributed by atoms with van der Waals surface area (Å²) in [6.07, 6.45) is 0. The van der Waals surface area contributed by atoms with E-state index in [1.54, 1.807) is 0 Å². The Hall–Kier alpha value is -12.5. The maximum absolute atomic E-state index is 11.5. The van der Waals surface area contributed by atoms with Gasteiger partial charge in [-0.1, -0.05) is 42.5 Å². The third-order valence-electron chi connectivity index (χ3n) is 18.7. The van der Waals surface area contributed by atoms with Gasteiger partial charge in [-0.15, -0.1) is 0 Å². The number of fused-ring (bicyclic) bond motifs is 7. The fraction of sp³-hybridized carbons (Fsp3) is 0.0139. The largest absolute Gasteiger partial charge is 0.399 e. The molecule has 784 valence electrons. The molecule has 0 aromatic heterocycles. The van der Waals surface area contributed by atoms with Crippen molar-refractivity contribution in [3.63, 3.8) is 0 Å². The summed E-state index contributed by atoms with van der Waals surface area (Å²) >= 11 is 0. The van der Waals surface area contributed by atoms with E-state index in [2.05, 4.69) is 5.32 Å². The van der Waals surface area contributed by atoms with Crippen LogP contribution in [0.1, 0.15) is 6.92 Å². The highest BCUT2D eigenvalue weighted by Crippen LogP contribution is 2.40. The lowest BCUT2D eigenvalue weighted by molar-refractivity contribution is -0.114. The molecule has 0 aliphatic carbocycles. The van der Waals surface area contributed by atoms with E-state index in [0.29, 0.717) is 35.7 Å². The summed E-state index contributed by atoms with van der Waals surface area (Å²) in [5.74, 6) is -0.547. The highest BCUT2D eigenvalue weighted by Gasteiger charge is 2.31. The Morgan fingerprint density at radius 1 is 0.193 bits per heavy atom. The molecular formula is C72H66N8O49S16. The van der Waals surface area contributed by atoms with Gasteiger partial charge in [-0.25, -0.2) is 0 Å². The molecule has 0 saturated carbocycles. The molecule has 14 aromatic rings. The molecule has 0 radical (unpaired) electrons. The zero-order valence-corrected chi connectivity index (χ0v) is 83.7. The maximum atomic E-state index is 11.5. The molecule has 73 heteroatoms. The number of anilines is 8. The SMILES string of the molecule is CC(=O)Nc1cc(S(=O)(=O)O)c2cc(N)cc(S(=O)(=O)O)c2c1.Nc1cc(S(=O)(=O)O)c2cc(S(=O)(=O)O)cc(S(=O)(=O)O)c2c1.Nc1cc(S(=O)(=O)O)cc2cc(S(=O)(=O)O)ccc12.Nc1cc2c(S(=O)(=O)O)cc(S(=O)(=O)O)cc2cc1S(=O)(=O)O.Nc1ccc2c(S(=O)(=O)O)cccc2c1S(=O)(=O)O.Nc1ccc2cc(S(=O)(=O)O)cc(S(=O)(=O)O)c2c1.Nc1ccc2cc(S(=O)(=O)O)ccc2c1S(=O)(=O)O. The highest BCUT2D eigenvalue weighted by molar-refractivity contribution is 7.90. The fourth-order valence-corrected chi connectivity index (χ4v) is 23.7. The van der Waals surface area contributed by atoms with Crippen LogP contribution >= 0.6 is 0 Å². The molecule has 1 amide bonds. The topological polar surface area (TPSA) is 1080 Å². The summed E-state index contributed by atoms with van der Waals surface area (Å²) in [5.41, 5.74) is 37.4. The molecule has 14 rings (SSSR count). The monoisotopic (exact) mass is 2340 g/mol. The number of carbonyl (C=O) groups excluding carboxylic acids is 1. The Morgan fingerprint density at radius 2 is 0.490 bits per heavy atom. The van der Waals surface area contributed by atoms with Crippen molar-refractivity contribution in [1.82, 2.24) is 0 Å².